The molecule has 4 heterocycles. The van der Waals surface area contributed by atoms with E-state index in [1.54, 1.807) is 29.3 Å². The van der Waals surface area contributed by atoms with Crippen molar-refractivity contribution in [3.63, 3.8) is 0 Å². The molecule has 0 spiro atoms. The fourth-order valence-corrected chi connectivity index (χ4v) is 2.89. The predicted molar refractivity (Wildman–Crippen MR) is 100 cm³/mol. The number of hydrogen-bond acceptors (Lipinski definition) is 7. The Bertz CT molecular complexity index is 1060. The molecule has 0 bridgehead atoms. The van der Waals surface area contributed by atoms with Gasteiger partial charge in [0.15, 0.2) is 16.1 Å². The number of furan rings is 2. The molecule has 0 aliphatic carbocycles. The average Bonchev–Trinajstić information content (AvgIpc) is 3.41. The number of fused-ring (bicyclic) bond motifs is 1. The van der Waals surface area contributed by atoms with Crippen LogP contribution in [0.25, 0.3) is 11.0 Å². The summed E-state index contributed by atoms with van der Waals surface area (Å²) < 4.78 is 12.8. The van der Waals surface area contributed by atoms with Crippen molar-refractivity contribution in [2.45, 2.75) is 13.1 Å². The molecule has 0 aromatic carbocycles. The fraction of sp³-hybridized carbons (Fsp3) is 0.176. The molecular weight excluding hydrogens is 416 g/mol. The van der Waals surface area contributed by atoms with Crippen molar-refractivity contribution >= 4 is 38.7 Å². The number of halogens is 1. The van der Waals surface area contributed by atoms with E-state index in [9.17, 15) is 4.79 Å². The zero-order valence-electron chi connectivity index (χ0n) is 14.1. The second-order valence-corrected chi connectivity index (χ2v) is 6.40. The molecular formula is C17H15BrN6O3. The molecule has 0 radical (unpaired) electrons. The Kier molecular flexibility index (Phi) is 4.88. The van der Waals surface area contributed by atoms with E-state index >= 15 is 0 Å². The molecule has 0 fully saturated rings. The van der Waals surface area contributed by atoms with Gasteiger partial charge in [-0.2, -0.15) is 5.10 Å². The number of nitrogens with zero attached hydrogens (tertiary/aromatic N) is 4. The monoisotopic (exact) mass is 430 g/mol. The van der Waals surface area contributed by atoms with Crippen LogP contribution in [-0.2, 0) is 13.1 Å². The van der Waals surface area contributed by atoms with Crippen LogP contribution < -0.4 is 10.6 Å². The van der Waals surface area contributed by atoms with Crippen molar-refractivity contribution in [1.29, 1.82) is 0 Å². The smallest absolute Gasteiger partial charge is 0.287 e. The molecule has 138 valence electrons. The molecule has 2 N–H and O–H groups in total. The first-order valence-electron chi connectivity index (χ1n) is 8.17. The lowest BCUT2D eigenvalue weighted by Crippen LogP contribution is -2.27. The minimum atomic E-state index is -0.285. The van der Waals surface area contributed by atoms with E-state index < -0.39 is 0 Å². The van der Waals surface area contributed by atoms with Crippen LogP contribution in [0.2, 0.25) is 0 Å². The summed E-state index contributed by atoms with van der Waals surface area (Å²) in [6.45, 7) is 1.36. The molecule has 4 aromatic rings. The highest BCUT2D eigenvalue weighted by atomic mass is 79.9. The summed E-state index contributed by atoms with van der Waals surface area (Å²) in [5.74, 6) is 1.44. The molecule has 27 heavy (non-hydrogen) atoms. The van der Waals surface area contributed by atoms with Crippen LogP contribution in [0.15, 0.2) is 56.6 Å². The minimum absolute atomic E-state index is 0.249. The first-order chi connectivity index (χ1) is 13.2. The van der Waals surface area contributed by atoms with Gasteiger partial charge in [-0.25, -0.2) is 14.6 Å². The van der Waals surface area contributed by atoms with Crippen molar-refractivity contribution in [2.24, 2.45) is 0 Å². The largest absolute Gasteiger partial charge is 0.467 e. The standard InChI is InChI=1S/C17H15BrN6O3/c18-14-4-3-13(27-14)17(25)19-5-6-24-16-12(9-23-24)15(21-10-22-16)20-8-11-2-1-7-26-11/h1-4,7,9-10H,5-6,8H2,(H,19,25)(H,20,21,22). The highest BCUT2D eigenvalue weighted by Crippen LogP contribution is 2.19. The Morgan fingerprint density at radius 3 is 2.96 bits per heavy atom. The zero-order valence-corrected chi connectivity index (χ0v) is 15.6. The van der Waals surface area contributed by atoms with Crippen LogP contribution >= 0.6 is 15.9 Å². The van der Waals surface area contributed by atoms with Gasteiger partial charge in [-0.3, -0.25) is 4.79 Å². The van der Waals surface area contributed by atoms with Gasteiger partial charge in [-0.1, -0.05) is 0 Å². The van der Waals surface area contributed by atoms with Gasteiger partial charge in [0.1, 0.15) is 17.9 Å². The van der Waals surface area contributed by atoms with Gasteiger partial charge in [0.2, 0.25) is 0 Å². The molecule has 0 aliphatic rings. The molecule has 0 unspecified atom stereocenters. The molecule has 10 heteroatoms. The van der Waals surface area contributed by atoms with E-state index in [1.807, 2.05) is 12.1 Å². The maximum absolute atomic E-state index is 12.0. The molecule has 9 nitrogen and oxygen atoms in total. The van der Waals surface area contributed by atoms with Gasteiger partial charge in [0.05, 0.1) is 30.9 Å². The molecule has 0 saturated heterocycles. The van der Waals surface area contributed by atoms with Crippen LogP contribution in [0, 0.1) is 0 Å². The van der Waals surface area contributed by atoms with Crippen molar-refractivity contribution < 1.29 is 13.6 Å². The fourth-order valence-electron chi connectivity index (χ4n) is 2.58. The van der Waals surface area contributed by atoms with E-state index in [-0.39, 0.29) is 11.7 Å². The van der Waals surface area contributed by atoms with Crippen molar-refractivity contribution in [3.8, 4) is 0 Å². The molecule has 4 rings (SSSR count). The number of nitrogens with one attached hydrogen (secondary N) is 2. The minimum Gasteiger partial charge on any atom is -0.467 e. The summed E-state index contributed by atoms with van der Waals surface area (Å²) in [4.78, 5) is 20.6. The molecule has 4 aromatic heterocycles. The molecule has 0 saturated carbocycles. The summed E-state index contributed by atoms with van der Waals surface area (Å²) in [6.07, 6.45) is 4.80. The van der Waals surface area contributed by atoms with Gasteiger partial charge in [-0.15, -0.1) is 0 Å². The Hall–Kier alpha value is -3.14. The number of hydrogen-bond donors (Lipinski definition) is 2. The first-order valence-corrected chi connectivity index (χ1v) is 8.96. The van der Waals surface area contributed by atoms with Crippen LogP contribution in [-0.4, -0.2) is 32.2 Å². The topological polar surface area (TPSA) is 111 Å². The van der Waals surface area contributed by atoms with Crippen molar-refractivity contribution in [2.75, 3.05) is 11.9 Å². The van der Waals surface area contributed by atoms with E-state index in [1.165, 1.54) is 6.33 Å². The van der Waals surface area contributed by atoms with E-state index in [2.05, 4.69) is 41.6 Å². The van der Waals surface area contributed by atoms with Gasteiger partial charge in [0.25, 0.3) is 5.91 Å². The maximum Gasteiger partial charge on any atom is 0.287 e. The average molecular weight is 431 g/mol. The summed E-state index contributed by atoms with van der Waals surface area (Å²) >= 11 is 3.17. The number of aromatic nitrogens is 4. The zero-order chi connectivity index (χ0) is 18.6. The van der Waals surface area contributed by atoms with Crippen LogP contribution in [0.5, 0.6) is 0 Å². The molecule has 0 atom stereocenters. The lowest BCUT2D eigenvalue weighted by Gasteiger charge is -2.06. The third-order valence-corrected chi connectivity index (χ3v) is 4.28. The number of carbonyl (C=O) groups excluding carboxylic acids is 1. The van der Waals surface area contributed by atoms with Crippen LogP contribution in [0.4, 0.5) is 5.82 Å². The van der Waals surface area contributed by atoms with Crippen LogP contribution in [0.1, 0.15) is 16.3 Å². The Morgan fingerprint density at radius 2 is 2.19 bits per heavy atom. The van der Waals surface area contributed by atoms with Crippen molar-refractivity contribution in [3.05, 3.63) is 59.2 Å². The normalized spacial score (nSPS) is 11.0. The molecule has 0 aliphatic heterocycles. The summed E-state index contributed by atoms with van der Waals surface area (Å²) in [6, 6.07) is 6.99. The number of rotatable bonds is 7. The lowest BCUT2D eigenvalue weighted by molar-refractivity contribution is 0.0923. The van der Waals surface area contributed by atoms with Crippen LogP contribution in [0.3, 0.4) is 0 Å². The maximum atomic E-state index is 12.0. The summed E-state index contributed by atoms with van der Waals surface area (Å²) in [5.41, 5.74) is 0.682. The Balaban J connectivity index is 1.40. The first kappa shape index (κ1) is 17.3. The Labute approximate surface area is 161 Å². The number of anilines is 1. The number of carbonyl (C=O) groups is 1. The van der Waals surface area contributed by atoms with Crippen molar-refractivity contribution in [1.82, 2.24) is 25.1 Å². The van der Waals surface area contributed by atoms with Gasteiger partial charge in [-0.05, 0) is 40.2 Å². The van der Waals surface area contributed by atoms with E-state index in [0.29, 0.717) is 35.8 Å². The van der Waals surface area contributed by atoms with Gasteiger partial charge >= 0.3 is 0 Å². The van der Waals surface area contributed by atoms with Gasteiger partial charge in [0, 0.05) is 6.54 Å². The third kappa shape index (κ3) is 3.85. The summed E-state index contributed by atoms with van der Waals surface area (Å²) in [5, 5.41) is 11.1. The SMILES string of the molecule is O=C(NCCn1ncc2c(NCc3ccco3)ncnc21)c1ccc(Br)o1. The highest BCUT2D eigenvalue weighted by molar-refractivity contribution is 9.10. The quantitative estimate of drug-likeness (QED) is 0.463. The second kappa shape index (κ2) is 7.62. The second-order valence-electron chi connectivity index (χ2n) is 5.62. The highest BCUT2D eigenvalue weighted by Gasteiger charge is 2.12. The van der Waals surface area contributed by atoms with Gasteiger partial charge < -0.3 is 19.5 Å². The molecule has 1 amide bonds. The summed E-state index contributed by atoms with van der Waals surface area (Å²) in [7, 11) is 0. The number of amides is 1. The lowest BCUT2D eigenvalue weighted by atomic mass is 10.3. The predicted octanol–water partition coefficient (Wildman–Crippen LogP) is 2.82. The third-order valence-electron chi connectivity index (χ3n) is 3.85. The van der Waals surface area contributed by atoms with E-state index in [0.717, 1.165) is 11.1 Å². The van der Waals surface area contributed by atoms with E-state index in [4.69, 9.17) is 8.83 Å². The Morgan fingerprint density at radius 1 is 1.26 bits per heavy atom.